The number of hydrogen-bond acceptors (Lipinski definition) is 2. The van der Waals surface area contributed by atoms with Gasteiger partial charge in [0.05, 0.1) is 12.7 Å². The number of nitrogens with zero attached hydrogens (tertiary/aromatic N) is 1. The van der Waals surface area contributed by atoms with Crippen LogP contribution in [-0.2, 0) is 6.18 Å². The van der Waals surface area contributed by atoms with Gasteiger partial charge in [0.1, 0.15) is 0 Å². The van der Waals surface area contributed by atoms with Crippen LogP contribution in [0.15, 0.2) is 36.5 Å². The maximum atomic E-state index is 13.9. The number of aromatic nitrogens is 1. The molecule has 0 fully saturated rings. The summed E-state index contributed by atoms with van der Waals surface area (Å²) >= 11 is 0. The van der Waals surface area contributed by atoms with Crippen LogP contribution in [0.2, 0.25) is 0 Å². The normalized spacial score (nSPS) is 11.4. The topological polar surface area (TPSA) is 22.1 Å². The van der Waals surface area contributed by atoms with Crippen LogP contribution < -0.4 is 4.74 Å². The summed E-state index contributed by atoms with van der Waals surface area (Å²) in [5.74, 6) is -1.04. The predicted octanol–water partition coefficient (Wildman–Crippen LogP) is 3.92. The van der Waals surface area contributed by atoms with Gasteiger partial charge in [-0.05, 0) is 23.8 Å². The summed E-state index contributed by atoms with van der Waals surface area (Å²) in [6, 6.07) is 5.74. The van der Waals surface area contributed by atoms with E-state index in [0.717, 1.165) is 12.1 Å². The van der Waals surface area contributed by atoms with E-state index < -0.39 is 17.6 Å². The minimum atomic E-state index is -4.47. The highest BCUT2D eigenvalue weighted by Crippen LogP contribution is 2.33. The van der Waals surface area contributed by atoms with Crippen LogP contribution in [0.4, 0.5) is 17.6 Å². The molecule has 0 aliphatic carbocycles. The molecule has 0 aliphatic heterocycles. The van der Waals surface area contributed by atoms with E-state index in [4.69, 9.17) is 4.74 Å². The van der Waals surface area contributed by atoms with Crippen molar-refractivity contribution in [1.29, 1.82) is 0 Å². The van der Waals surface area contributed by atoms with Crippen molar-refractivity contribution in [1.82, 2.24) is 4.98 Å². The van der Waals surface area contributed by atoms with Crippen LogP contribution in [0.1, 0.15) is 5.56 Å². The fourth-order valence-electron chi connectivity index (χ4n) is 1.65. The zero-order chi connectivity index (χ0) is 14.0. The number of methoxy groups -OCH3 is 1. The van der Waals surface area contributed by atoms with Gasteiger partial charge in [-0.25, -0.2) is 9.37 Å². The lowest BCUT2D eigenvalue weighted by Crippen LogP contribution is -2.04. The maximum Gasteiger partial charge on any atom is 0.416 e. The lowest BCUT2D eigenvalue weighted by atomic mass is 10.0. The number of halogens is 4. The lowest BCUT2D eigenvalue weighted by molar-refractivity contribution is -0.137. The first-order valence-electron chi connectivity index (χ1n) is 5.29. The summed E-state index contributed by atoms with van der Waals surface area (Å²) in [4.78, 5) is 3.63. The zero-order valence-electron chi connectivity index (χ0n) is 9.83. The van der Waals surface area contributed by atoms with Gasteiger partial charge in [0.2, 0.25) is 0 Å². The predicted molar refractivity (Wildman–Crippen MR) is 61.2 cm³/mol. The molecule has 2 rings (SSSR count). The Morgan fingerprint density at radius 2 is 1.89 bits per heavy atom. The summed E-state index contributed by atoms with van der Waals surface area (Å²) in [6.45, 7) is 0. The highest BCUT2D eigenvalue weighted by molar-refractivity contribution is 5.65. The van der Waals surface area contributed by atoms with Crippen molar-refractivity contribution in [3.63, 3.8) is 0 Å². The number of pyridine rings is 1. The maximum absolute atomic E-state index is 13.9. The van der Waals surface area contributed by atoms with E-state index >= 15 is 0 Å². The monoisotopic (exact) mass is 271 g/mol. The van der Waals surface area contributed by atoms with Crippen molar-refractivity contribution < 1.29 is 22.3 Å². The van der Waals surface area contributed by atoms with Gasteiger partial charge < -0.3 is 4.74 Å². The van der Waals surface area contributed by atoms with Crippen molar-refractivity contribution in [3.05, 3.63) is 47.9 Å². The lowest BCUT2D eigenvalue weighted by Gasteiger charge is -2.10. The number of alkyl halides is 3. The molecule has 0 bridgehead atoms. The number of hydrogen-bond donors (Lipinski definition) is 0. The van der Waals surface area contributed by atoms with Crippen LogP contribution in [0, 0.1) is 5.82 Å². The smallest absolute Gasteiger partial charge is 0.416 e. The zero-order valence-corrected chi connectivity index (χ0v) is 9.83. The number of benzene rings is 1. The van der Waals surface area contributed by atoms with E-state index in [-0.39, 0.29) is 17.0 Å². The fourth-order valence-corrected chi connectivity index (χ4v) is 1.65. The van der Waals surface area contributed by atoms with Gasteiger partial charge in [0.25, 0.3) is 5.88 Å². The van der Waals surface area contributed by atoms with Crippen LogP contribution in [0.3, 0.4) is 0 Å². The van der Waals surface area contributed by atoms with Crippen molar-refractivity contribution in [2.24, 2.45) is 0 Å². The van der Waals surface area contributed by atoms with E-state index in [0.29, 0.717) is 0 Å². The van der Waals surface area contributed by atoms with Crippen LogP contribution in [0.5, 0.6) is 5.88 Å². The molecule has 2 aromatic rings. The molecular weight excluding hydrogens is 262 g/mol. The SMILES string of the molecule is COc1nccc(-c2cccc(C(F)(F)F)c2)c1F. The van der Waals surface area contributed by atoms with E-state index in [9.17, 15) is 17.6 Å². The molecule has 1 aromatic heterocycles. The van der Waals surface area contributed by atoms with E-state index in [1.54, 1.807) is 0 Å². The molecule has 19 heavy (non-hydrogen) atoms. The third-order valence-corrected chi connectivity index (χ3v) is 2.55. The molecule has 2 nitrogen and oxygen atoms in total. The molecule has 0 amide bonds. The molecule has 0 saturated heterocycles. The van der Waals surface area contributed by atoms with Gasteiger partial charge in [-0.1, -0.05) is 12.1 Å². The Bertz CT molecular complexity index is 595. The first-order valence-corrected chi connectivity index (χ1v) is 5.29. The average molecular weight is 271 g/mol. The van der Waals surface area contributed by atoms with Gasteiger partial charge in [0.15, 0.2) is 5.82 Å². The largest absolute Gasteiger partial charge is 0.479 e. The Labute approximate surface area is 106 Å². The molecule has 0 atom stereocenters. The van der Waals surface area contributed by atoms with Gasteiger partial charge in [0, 0.05) is 11.8 Å². The van der Waals surface area contributed by atoms with Crippen molar-refractivity contribution in [3.8, 4) is 17.0 Å². The summed E-state index contributed by atoms with van der Waals surface area (Å²) in [5, 5.41) is 0. The van der Waals surface area contributed by atoms with Crippen LogP contribution in [-0.4, -0.2) is 12.1 Å². The average Bonchev–Trinajstić information content (AvgIpc) is 2.38. The molecule has 0 unspecified atom stereocenters. The Morgan fingerprint density at radius 1 is 1.16 bits per heavy atom. The van der Waals surface area contributed by atoms with Crippen LogP contribution >= 0.6 is 0 Å². The molecule has 0 spiro atoms. The second-order valence-electron chi connectivity index (χ2n) is 3.76. The minimum Gasteiger partial charge on any atom is -0.479 e. The second kappa shape index (κ2) is 4.87. The summed E-state index contributed by atoms with van der Waals surface area (Å²) < 4.78 is 56.4. The van der Waals surface area contributed by atoms with E-state index in [2.05, 4.69) is 4.98 Å². The molecular formula is C13H9F4NO. The Hall–Kier alpha value is -2.11. The molecule has 0 radical (unpaired) electrons. The van der Waals surface area contributed by atoms with Crippen LogP contribution in [0.25, 0.3) is 11.1 Å². The van der Waals surface area contributed by atoms with Gasteiger partial charge >= 0.3 is 6.18 Å². The summed E-state index contributed by atoms with van der Waals surface area (Å²) in [6.07, 6.45) is -3.19. The molecule has 0 aliphatic rings. The number of rotatable bonds is 2. The van der Waals surface area contributed by atoms with Gasteiger partial charge in [-0.2, -0.15) is 13.2 Å². The van der Waals surface area contributed by atoms with Gasteiger partial charge in [-0.3, -0.25) is 0 Å². The van der Waals surface area contributed by atoms with Crippen molar-refractivity contribution in [2.45, 2.75) is 6.18 Å². The molecule has 1 heterocycles. The highest BCUT2D eigenvalue weighted by Gasteiger charge is 2.30. The second-order valence-corrected chi connectivity index (χ2v) is 3.76. The third-order valence-electron chi connectivity index (χ3n) is 2.55. The molecule has 0 saturated carbocycles. The van der Waals surface area contributed by atoms with Crippen molar-refractivity contribution in [2.75, 3.05) is 7.11 Å². The Kier molecular flexibility index (Phi) is 3.42. The summed E-state index contributed by atoms with van der Waals surface area (Å²) in [5.41, 5.74) is -0.703. The molecule has 0 N–H and O–H groups in total. The standard InChI is InChI=1S/C13H9F4NO/c1-19-12-11(14)10(5-6-18-12)8-3-2-4-9(7-8)13(15,16)17/h2-7H,1H3. The first kappa shape index (κ1) is 13.3. The van der Waals surface area contributed by atoms with E-state index in [1.807, 2.05) is 0 Å². The van der Waals surface area contributed by atoms with E-state index in [1.165, 1.54) is 31.5 Å². The highest BCUT2D eigenvalue weighted by atomic mass is 19.4. The van der Waals surface area contributed by atoms with Crippen molar-refractivity contribution >= 4 is 0 Å². The Balaban J connectivity index is 2.54. The molecule has 1 aromatic carbocycles. The number of ether oxygens (including phenoxy) is 1. The Morgan fingerprint density at radius 3 is 2.53 bits per heavy atom. The fraction of sp³-hybridized carbons (Fsp3) is 0.154. The minimum absolute atomic E-state index is 0.0120. The quantitative estimate of drug-likeness (QED) is 0.772. The van der Waals surface area contributed by atoms with Gasteiger partial charge in [-0.15, -0.1) is 0 Å². The molecule has 6 heteroatoms. The first-order chi connectivity index (χ1) is 8.93. The third kappa shape index (κ3) is 2.67. The summed E-state index contributed by atoms with van der Waals surface area (Å²) in [7, 11) is 1.24. The molecule has 100 valence electrons.